The summed E-state index contributed by atoms with van der Waals surface area (Å²) in [7, 11) is -3.37. The number of nitrogens with one attached hydrogen (secondary N) is 1. The molecule has 278 valence electrons. The van der Waals surface area contributed by atoms with Crippen LogP contribution in [0.5, 0.6) is 0 Å². The first-order chi connectivity index (χ1) is 23.1. The molecule has 0 aromatic rings. The van der Waals surface area contributed by atoms with Gasteiger partial charge in [0, 0.05) is 0 Å². The molecule has 1 fully saturated rings. The predicted molar refractivity (Wildman–Crippen MR) is 201 cm³/mol. The van der Waals surface area contributed by atoms with Crippen molar-refractivity contribution < 1.29 is 28.2 Å². The zero-order chi connectivity index (χ0) is 33.9. The zero-order valence-corrected chi connectivity index (χ0v) is 31.8. The number of ether oxygens (including phenoxy) is 2. The Morgan fingerprint density at radius 2 is 1.15 bits per heavy atom. The maximum atomic E-state index is 12.6. The van der Waals surface area contributed by atoms with E-state index in [1.807, 2.05) is 6.08 Å². The minimum atomic E-state index is -3.37. The quantitative estimate of drug-likeness (QED) is 0.0226. The number of allylic oxidation sites excluding steroid dienone is 3. The van der Waals surface area contributed by atoms with Crippen LogP contribution in [0.4, 0.5) is 0 Å². The number of rotatable bonds is 35. The van der Waals surface area contributed by atoms with Gasteiger partial charge in [-0.25, -0.2) is 0 Å². The maximum absolute atomic E-state index is 12.6. The second-order valence-electron chi connectivity index (χ2n) is 13.5. The number of carbonyl (C=O) groups is 1. The van der Waals surface area contributed by atoms with Crippen molar-refractivity contribution in [1.82, 2.24) is 5.09 Å². The van der Waals surface area contributed by atoms with E-state index in [-0.39, 0.29) is 19.2 Å². The molecule has 0 radical (unpaired) electrons. The van der Waals surface area contributed by atoms with E-state index in [1.165, 1.54) is 128 Å². The van der Waals surface area contributed by atoms with Crippen molar-refractivity contribution in [3.63, 3.8) is 0 Å². The molecule has 2 N–H and O–H groups in total. The first-order valence-electron chi connectivity index (χ1n) is 20.0. The van der Waals surface area contributed by atoms with E-state index >= 15 is 0 Å². The van der Waals surface area contributed by atoms with Gasteiger partial charge in [0.2, 0.25) is 0 Å². The molecular weight excluding hydrogens is 609 g/mol. The van der Waals surface area contributed by atoms with Gasteiger partial charge < -0.3 is 0 Å². The van der Waals surface area contributed by atoms with E-state index in [0.29, 0.717) is 19.6 Å². The molecule has 1 rings (SSSR count). The van der Waals surface area contributed by atoms with E-state index in [9.17, 15) is 9.69 Å². The average Bonchev–Trinajstić information content (AvgIpc) is 3.51. The van der Waals surface area contributed by atoms with Gasteiger partial charge in [-0.2, -0.15) is 0 Å². The molecule has 1 aliphatic heterocycles. The second-order valence-corrected chi connectivity index (χ2v) is 15.6. The first-order valence-corrected chi connectivity index (χ1v) is 21.7. The fraction of sp³-hybridized carbons (Fsp3) is 0.872. The van der Waals surface area contributed by atoms with Gasteiger partial charge in [-0.1, -0.05) is 109 Å². The molecule has 0 bridgehead atoms. The number of hydrogen-bond donors (Lipinski definition) is 2. The van der Waals surface area contributed by atoms with E-state index in [2.05, 4.69) is 31.1 Å². The zero-order valence-electron chi connectivity index (χ0n) is 30.8. The summed E-state index contributed by atoms with van der Waals surface area (Å²) in [6, 6.07) is 0. The molecule has 0 saturated carbocycles. The van der Waals surface area contributed by atoms with Crippen LogP contribution in [-0.4, -0.2) is 43.3 Å². The first kappa shape index (κ1) is 44.0. The van der Waals surface area contributed by atoms with Gasteiger partial charge in [0.25, 0.3) is 0 Å². The summed E-state index contributed by atoms with van der Waals surface area (Å²) in [5.74, 6) is -0.241. The van der Waals surface area contributed by atoms with Crippen LogP contribution in [0.3, 0.4) is 0 Å². The van der Waals surface area contributed by atoms with Crippen molar-refractivity contribution in [2.45, 2.75) is 193 Å². The second kappa shape index (κ2) is 33.5. The van der Waals surface area contributed by atoms with E-state index in [4.69, 9.17) is 18.5 Å². The summed E-state index contributed by atoms with van der Waals surface area (Å²) >= 11 is 0. The van der Waals surface area contributed by atoms with Crippen LogP contribution < -0.4 is 5.09 Å². The van der Waals surface area contributed by atoms with Crippen molar-refractivity contribution in [3.05, 3.63) is 24.5 Å². The molecule has 0 spiro atoms. The average molecular weight is 686 g/mol. The van der Waals surface area contributed by atoms with Crippen LogP contribution in [0.2, 0.25) is 0 Å². The molecule has 0 amide bonds. The van der Waals surface area contributed by atoms with Crippen LogP contribution in [0.15, 0.2) is 24.5 Å². The molecule has 0 aliphatic carbocycles. The summed E-state index contributed by atoms with van der Waals surface area (Å²) in [6.45, 7) is 5.75. The molecule has 1 saturated heterocycles. The Morgan fingerprint density at radius 1 is 0.681 bits per heavy atom. The number of carbonyl (C=O) groups excluding carboxylic acids is 1. The summed E-state index contributed by atoms with van der Waals surface area (Å²) in [5, 5.41) is 2.90. The number of unbranched alkanes of at least 4 members (excludes halogenated alkanes) is 23. The predicted octanol–water partition coefficient (Wildman–Crippen LogP) is 11.6. The van der Waals surface area contributed by atoms with Crippen molar-refractivity contribution >= 4 is 14.1 Å². The molecule has 7 nitrogen and oxygen atoms in total. The van der Waals surface area contributed by atoms with Crippen LogP contribution in [0.25, 0.3) is 0 Å². The third-order valence-electron chi connectivity index (χ3n) is 8.85. The molecule has 1 heterocycles. The summed E-state index contributed by atoms with van der Waals surface area (Å²) in [6.07, 6.45) is 41.3. The van der Waals surface area contributed by atoms with Crippen LogP contribution >= 0.6 is 8.09 Å². The Balaban J connectivity index is 2.12. The van der Waals surface area contributed by atoms with Crippen molar-refractivity contribution in [2.24, 2.45) is 0 Å². The third-order valence-corrected chi connectivity index (χ3v) is 10.7. The molecule has 8 heteroatoms. The molecule has 1 unspecified atom stereocenters. The van der Waals surface area contributed by atoms with Crippen LogP contribution in [0, 0.1) is 0 Å². The Labute approximate surface area is 291 Å². The van der Waals surface area contributed by atoms with E-state index < -0.39 is 14.2 Å². The van der Waals surface area contributed by atoms with Crippen LogP contribution in [-0.2, 0) is 23.3 Å². The van der Waals surface area contributed by atoms with Crippen molar-refractivity contribution in [3.8, 4) is 0 Å². The van der Waals surface area contributed by atoms with Gasteiger partial charge in [-0.15, -0.1) is 0 Å². The molecule has 47 heavy (non-hydrogen) atoms. The fourth-order valence-corrected chi connectivity index (χ4v) is 7.35. The molecule has 0 aromatic heterocycles. The van der Waals surface area contributed by atoms with Gasteiger partial charge in [0.05, 0.1) is 0 Å². The Morgan fingerprint density at radius 3 is 1.64 bits per heavy atom. The van der Waals surface area contributed by atoms with Crippen LogP contribution in [0.1, 0.15) is 187 Å². The molecule has 1 aliphatic rings. The van der Waals surface area contributed by atoms with Crippen molar-refractivity contribution in [1.29, 1.82) is 0 Å². The Kier molecular flexibility index (Phi) is 31.4. The molecule has 1 atom stereocenters. The topological polar surface area (TPSA) is 86.3 Å². The summed E-state index contributed by atoms with van der Waals surface area (Å²) < 4.78 is 22.4. The Hall–Kier alpha value is -0.980. The van der Waals surface area contributed by atoms with Gasteiger partial charge in [0.15, 0.2) is 0 Å². The molecular formula is C39H76NO6P. The SMILES string of the molecule is CCCCCCCC/C=C\CCCCCCCC(=O)OC(CO/C=C\CCCCCCCCCCCCCC)CO[PH]1(O)NCCO1. The monoisotopic (exact) mass is 686 g/mol. The Bertz CT molecular complexity index is 743. The van der Waals surface area contributed by atoms with Gasteiger partial charge in [-0.05, 0) is 12.8 Å². The number of esters is 1. The third kappa shape index (κ3) is 29.6. The molecule has 0 aromatic carbocycles. The standard InChI is InChI=1S/C39H76NO6P/c1-3-5-7-9-11-13-15-17-19-20-22-24-26-28-30-32-39(41)46-38(37-45-47(42)40-33-35-44-47)36-43-34-31-29-27-25-23-21-18-16-14-12-10-8-6-4-2/h17,19,31,34,38,40,42,47H,3-16,18,20-30,32-33,35-37H2,1-2H3/b19-17-,34-31-. The normalized spacial score (nSPS) is 15.9. The number of hydrogen-bond acceptors (Lipinski definition) is 7. The van der Waals surface area contributed by atoms with E-state index in [1.54, 1.807) is 6.26 Å². The van der Waals surface area contributed by atoms with E-state index in [0.717, 1.165) is 38.5 Å². The summed E-state index contributed by atoms with van der Waals surface area (Å²) in [4.78, 5) is 23.0. The van der Waals surface area contributed by atoms with Gasteiger partial charge >= 0.3 is 169 Å². The van der Waals surface area contributed by atoms with Gasteiger partial charge in [-0.3, -0.25) is 0 Å². The summed E-state index contributed by atoms with van der Waals surface area (Å²) in [5.41, 5.74) is 0. The fourth-order valence-electron chi connectivity index (χ4n) is 5.85. The van der Waals surface area contributed by atoms with Gasteiger partial charge in [0.1, 0.15) is 0 Å². The van der Waals surface area contributed by atoms with Crippen molar-refractivity contribution in [2.75, 3.05) is 26.4 Å². The minimum absolute atomic E-state index is 0.0421.